The van der Waals surface area contributed by atoms with Gasteiger partial charge in [-0.05, 0) is 48.7 Å². The minimum absolute atomic E-state index is 0.0693. The van der Waals surface area contributed by atoms with Crippen LogP contribution in [0.1, 0.15) is 30.5 Å². The molecule has 0 saturated carbocycles. The molecular weight excluding hydrogens is 392 g/mol. The fourth-order valence-electron chi connectivity index (χ4n) is 3.33. The number of rotatable bonds is 6. The minimum Gasteiger partial charge on any atom is -0.497 e. The highest BCUT2D eigenvalue weighted by molar-refractivity contribution is 7.92. The van der Waals surface area contributed by atoms with Crippen molar-refractivity contribution in [2.75, 3.05) is 24.2 Å². The van der Waals surface area contributed by atoms with Crippen LogP contribution in [-0.2, 0) is 14.8 Å². The third-order valence-corrected chi connectivity index (χ3v) is 6.07. The van der Waals surface area contributed by atoms with Crippen LogP contribution in [0.2, 0.25) is 0 Å². The van der Waals surface area contributed by atoms with Crippen molar-refractivity contribution in [1.82, 2.24) is 5.32 Å². The molecule has 0 spiro atoms. The van der Waals surface area contributed by atoms with Gasteiger partial charge in [0.2, 0.25) is 10.0 Å². The molecule has 3 rings (SSSR count). The number of hydrogen-bond donors (Lipinski definition) is 1. The highest BCUT2D eigenvalue weighted by atomic mass is 32.2. The van der Waals surface area contributed by atoms with E-state index in [1.165, 1.54) is 4.31 Å². The molecule has 1 N–H and O–H groups in total. The predicted molar refractivity (Wildman–Crippen MR) is 112 cm³/mol. The number of carbonyl (C=O) groups excluding carboxylic acids is 1. The second-order valence-corrected chi connectivity index (χ2v) is 9.02. The summed E-state index contributed by atoms with van der Waals surface area (Å²) in [6.45, 7) is 3.78. The van der Waals surface area contributed by atoms with Gasteiger partial charge in [-0.15, -0.1) is 0 Å². The zero-order chi connectivity index (χ0) is 21.2. The Morgan fingerprint density at radius 2 is 1.97 bits per heavy atom. The molecule has 1 amide bonds. The first-order chi connectivity index (χ1) is 13.7. The Morgan fingerprint density at radius 3 is 2.55 bits per heavy atom. The molecule has 1 aliphatic heterocycles. The molecule has 1 heterocycles. The number of methoxy groups -OCH3 is 1. The summed E-state index contributed by atoms with van der Waals surface area (Å²) >= 11 is 0. The second kappa shape index (κ2) is 8.32. The summed E-state index contributed by atoms with van der Waals surface area (Å²) < 4.78 is 36.9. The van der Waals surface area contributed by atoms with Crippen LogP contribution < -0.4 is 19.1 Å². The quantitative estimate of drug-likeness (QED) is 0.780. The molecule has 0 fully saturated rings. The summed E-state index contributed by atoms with van der Waals surface area (Å²) in [5.74, 6) is 0.763. The van der Waals surface area contributed by atoms with Gasteiger partial charge in [0, 0.05) is 0 Å². The number of fused-ring (bicyclic) bond motifs is 1. The van der Waals surface area contributed by atoms with E-state index in [-0.39, 0.29) is 18.5 Å². The average Bonchev–Trinajstić information content (AvgIpc) is 2.70. The number of hydrogen-bond acceptors (Lipinski definition) is 5. The minimum atomic E-state index is -3.56. The monoisotopic (exact) mass is 418 g/mol. The van der Waals surface area contributed by atoms with E-state index in [0.717, 1.165) is 23.1 Å². The molecule has 0 unspecified atom stereocenters. The van der Waals surface area contributed by atoms with Crippen LogP contribution in [0.5, 0.6) is 11.5 Å². The molecule has 0 aliphatic carbocycles. The van der Waals surface area contributed by atoms with Crippen molar-refractivity contribution in [2.24, 2.45) is 0 Å². The van der Waals surface area contributed by atoms with Crippen LogP contribution in [0.25, 0.3) is 0 Å². The number of carbonyl (C=O) groups is 1. The standard InChI is InChI=1S/C21H26N2O5S/c1-5-17(15-7-9-16(27-3)10-8-15)22-21(24)20-13-23(29(4,25)26)18-12-14(2)6-11-19(18)28-20/h6-12,17,20H,5,13H2,1-4H3,(H,22,24)/t17-,20-/m1/s1. The fourth-order valence-corrected chi connectivity index (χ4v) is 4.24. The molecule has 7 nitrogen and oxygen atoms in total. The fraction of sp³-hybridized carbons (Fsp3) is 0.381. The number of ether oxygens (including phenoxy) is 2. The highest BCUT2D eigenvalue weighted by Crippen LogP contribution is 2.36. The van der Waals surface area contributed by atoms with Gasteiger partial charge in [0.15, 0.2) is 6.10 Å². The van der Waals surface area contributed by atoms with Gasteiger partial charge in [-0.25, -0.2) is 8.42 Å². The first-order valence-electron chi connectivity index (χ1n) is 9.42. The zero-order valence-electron chi connectivity index (χ0n) is 17.0. The Labute approximate surface area is 171 Å². The maximum absolute atomic E-state index is 12.9. The Kier molecular flexibility index (Phi) is 6.02. The maximum Gasteiger partial charge on any atom is 0.263 e. The van der Waals surface area contributed by atoms with Gasteiger partial charge in [-0.3, -0.25) is 9.10 Å². The van der Waals surface area contributed by atoms with Crippen molar-refractivity contribution < 1.29 is 22.7 Å². The van der Waals surface area contributed by atoms with Crippen molar-refractivity contribution in [2.45, 2.75) is 32.4 Å². The molecule has 2 aromatic rings. The predicted octanol–water partition coefficient (Wildman–Crippen LogP) is 2.80. The number of sulfonamides is 1. The van der Waals surface area contributed by atoms with Crippen molar-refractivity contribution >= 4 is 21.6 Å². The highest BCUT2D eigenvalue weighted by Gasteiger charge is 2.35. The second-order valence-electron chi connectivity index (χ2n) is 7.11. The molecule has 2 atom stereocenters. The van der Waals surface area contributed by atoms with Crippen LogP contribution in [0.4, 0.5) is 5.69 Å². The topological polar surface area (TPSA) is 84.9 Å². The summed E-state index contributed by atoms with van der Waals surface area (Å²) in [5, 5.41) is 2.98. The van der Waals surface area contributed by atoms with E-state index in [9.17, 15) is 13.2 Å². The number of amides is 1. The van der Waals surface area contributed by atoms with Crippen LogP contribution in [0.15, 0.2) is 42.5 Å². The molecule has 1 aliphatic rings. The number of aryl methyl sites for hydroxylation is 1. The zero-order valence-corrected chi connectivity index (χ0v) is 17.8. The lowest BCUT2D eigenvalue weighted by atomic mass is 10.0. The first kappa shape index (κ1) is 21.0. The van der Waals surface area contributed by atoms with E-state index in [1.54, 1.807) is 19.2 Å². The Bertz CT molecular complexity index is 989. The molecule has 0 bridgehead atoms. The largest absolute Gasteiger partial charge is 0.497 e. The summed E-state index contributed by atoms with van der Waals surface area (Å²) in [6, 6.07) is 12.5. The molecule has 156 valence electrons. The van der Waals surface area contributed by atoms with E-state index < -0.39 is 16.1 Å². The van der Waals surface area contributed by atoms with Crippen molar-refractivity contribution in [3.8, 4) is 11.5 Å². The van der Waals surface area contributed by atoms with E-state index in [0.29, 0.717) is 17.9 Å². The average molecular weight is 419 g/mol. The van der Waals surface area contributed by atoms with Gasteiger partial charge in [0.05, 0.1) is 31.6 Å². The van der Waals surface area contributed by atoms with E-state index in [4.69, 9.17) is 9.47 Å². The van der Waals surface area contributed by atoms with E-state index in [2.05, 4.69) is 5.32 Å². The van der Waals surface area contributed by atoms with Gasteiger partial charge < -0.3 is 14.8 Å². The Hall–Kier alpha value is -2.74. The van der Waals surface area contributed by atoms with Gasteiger partial charge in [-0.1, -0.05) is 25.1 Å². The lowest BCUT2D eigenvalue weighted by Crippen LogP contribution is -2.51. The van der Waals surface area contributed by atoms with Crippen LogP contribution in [0, 0.1) is 6.92 Å². The number of anilines is 1. The molecule has 2 aromatic carbocycles. The summed E-state index contributed by atoms with van der Waals surface area (Å²) in [4.78, 5) is 12.9. The smallest absolute Gasteiger partial charge is 0.263 e. The summed E-state index contributed by atoms with van der Waals surface area (Å²) in [7, 11) is -1.96. The molecule has 0 saturated heterocycles. The van der Waals surface area contributed by atoms with Gasteiger partial charge >= 0.3 is 0 Å². The molecule has 0 aromatic heterocycles. The van der Waals surface area contributed by atoms with Crippen molar-refractivity contribution in [1.29, 1.82) is 0 Å². The van der Waals surface area contributed by atoms with Crippen molar-refractivity contribution in [3.05, 3.63) is 53.6 Å². The molecular formula is C21H26N2O5S. The van der Waals surface area contributed by atoms with Gasteiger partial charge in [0.1, 0.15) is 11.5 Å². The van der Waals surface area contributed by atoms with E-state index >= 15 is 0 Å². The number of benzene rings is 2. The summed E-state index contributed by atoms with van der Waals surface area (Å²) in [6.07, 6.45) is 0.870. The third-order valence-electron chi connectivity index (χ3n) is 4.92. The van der Waals surface area contributed by atoms with Crippen molar-refractivity contribution in [3.63, 3.8) is 0 Å². The van der Waals surface area contributed by atoms with Crippen LogP contribution in [0.3, 0.4) is 0 Å². The number of nitrogens with one attached hydrogen (secondary N) is 1. The third kappa shape index (κ3) is 4.64. The van der Waals surface area contributed by atoms with Crippen LogP contribution >= 0.6 is 0 Å². The lowest BCUT2D eigenvalue weighted by Gasteiger charge is -2.34. The lowest BCUT2D eigenvalue weighted by molar-refractivity contribution is -0.128. The normalized spacial score (nSPS) is 17.1. The molecule has 0 radical (unpaired) electrons. The van der Waals surface area contributed by atoms with Crippen LogP contribution in [-0.4, -0.2) is 40.3 Å². The number of nitrogens with zero attached hydrogens (tertiary/aromatic N) is 1. The molecule has 29 heavy (non-hydrogen) atoms. The Morgan fingerprint density at radius 1 is 1.28 bits per heavy atom. The SMILES string of the molecule is CC[C@@H](NC(=O)[C@H]1CN(S(C)(=O)=O)c2cc(C)ccc2O1)c1ccc(OC)cc1. The Balaban J connectivity index is 1.82. The summed E-state index contributed by atoms with van der Waals surface area (Å²) in [5.41, 5.74) is 2.31. The van der Waals surface area contributed by atoms with Gasteiger partial charge in [0.25, 0.3) is 5.91 Å². The maximum atomic E-state index is 12.9. The van der Waals surface area contributed by atoms with E-state index in [1.807, 2.05) is 44.2 Å². The van der Waals surface area contributed by atoms with Gasteiger partial charge in [-0.2, -0.15) is 0 Å². The first-order valence-corrected chi connectivity index (χ1v) is 11.3. The molecule has 8 heteroatoms.